The maximum atomic E-state index is 13.1. The second-order valence-corrected chi connectivity index (χ2v) is 9.37. The number of H-pyrrole nitrogens is 1. The first-order valence-electron chi connectivity index (χ1n) is 10.0. The molecule has 0 amide bonds. The summed E-state index contributed by atoms with van der Waals surface area (Å²) in [6, 6.07) is 6.38. The van der Waals surface area contributed by atoms with E-state index >= 15 is 0 Å². The van der Waals surface area contributed by atoms with Gasteiger partial charge in [0.15, 0.2) is 11.4 Å². The molecule has 4 heterocycles. The van der Waals surface area contributed by atoms with Gasteiger partial charge in [0, 0.05) is 45.3 Å². The average Bonchev–Trinajstić information content (AvgIpc) is 3.19. The zero-order valence-electron chi connectivity index (χ0n) is 16.7. The summed E-state index contributed by atoms with van der Waals surface area (Å²) in [7, 11) is -3.68. The molecule has 11 nitrogen and oxygen atoms in total. The molecule has 5 rings (SSSR count). The highest BCUT2D eigenvalue weighted by Crippen LogP contribution is 2.24. The van der Waals surface area contributed by atoms with Gasteiger partial charge in [-0.1, -0.05) is 0 Å². The number of rotatable bonds is 4. The minimum atomic E-state index is -3.68. The van der Waals surface area contributed by atoms with Gasteiger partial charge in [-0.2, -0.15) is 9.40 Å². The molecule has 2 aromatic heterocycles. The van der Waals surface area contributed by atoms with E-state index in [9.17, 15) is 13.2 Å². The Hall–Kier alpha value is -2.96. The summed E-state index contributed by atoms with van der Waals surface area (Å²) in [4.78, 5) is 18.2. The first kappa shape index (κ1) is 20.0. The van der Waals surface area contributed by atoms with E-state index in [4.69, 9.17) is 9.15 Å². The molecule has 164 valence electrons. The second kappa shape index (κ2) is 7.94. The Bertz CT molecular complexity index is 1240. The third-order valence-electron chi connectivity index (χ3n) is 5.59. The number of oxazole rings is 1. The second-order valence-electron chi connectivity index (χ2n) is 7.44. The first-order valence-corrected chi connectivity index (χ1v) is 11.5. The fourth-order valence-electron chi connectivity index (χ4n) is 3.89. The molecule has 2 aliphatic rings. The molecule has 0 aliphatic carbocycles. The Morgan fingerprint density at radius 3 is 2.52 bits per heavy atom. The van der Waals surface area contributed by atoms with Crippen molar-refractivity contribution in [1.29, 1.82) is 0 Å². The van der Waals surface area contributed by atoms with Crippen LogP contribution in [-0.2, 0) is 14.8 Å². The topological polar surface area (TPSA) is 125 Å². The van der Waals surface area contributed by atoms with E-state index in [0.717, 1.165) is 24.6 Å². The van der Waals surface area contributed by atoms with Gasteiger partial charge in [0.1, 0.15) is 0 Å². The highest BCUT2D eigenvalue weighted by Gasteiger charge is 2.29. The maximum absolute atomic E-state index is 13.1. The molecule has 0 saturated carbocycles. The van der Waals surface area contributed by atoms with Crippen LogP contribution in [0.4, 0.5) is 11.5 Å². The van der Waals surface area contributed by atoms with Crippen molar-refractivity contribution in [2.75, 3.05) is 62.3 Å². The largest absolute Gasteiger partial charge is 0.417 e. The number of nitrogens with one attached hydrogen (secondary N) is 1. The van der Waals surface area contributed by atoms with Crippen LogP contribution in [0.5, 0.6) is 0 Å². The standard InChI is InChI=1S/C19H22N6O5S/c26-19-21-16-12-15(1-2-17(16)30-19)31(27,28)25-5-3-23(4-6-25)14-11-18(22-20-13-14)24-7-9-29-10-8-24/h1-2,11-13H,3-10H2,(H,21,26). The molecule has 0 spiro atoms. The Balaban J connectivity index is 1.30. The van der Waals surface area contributed by atoms with Gasteiger partial charge in [-0.15, -0.1) is 5.10 Å². The lowest BCUT2D eigenvalue weighted by atomic mass is 10.3. The van der Waals surface area contributed by atoms with Gasteiger partial charge < -0.3 is 19.0 Å². The number of aromatic amines is 1. The maximum Gasteiger partial charge on any atom is 0.417 e. The molecular weight excluding hydrogens is 424 g/mol. The Morgan fingerprint density at radius 2 is 1.74 bits per heavy atom. The van der Waals surface area contributed by atoms with E-state index in [1.54, 1.807) is 6.20 Å². The molecule has 2 fully saturated rings. The number of hydrogen-bond acceptors (Lipinski definition) is 9. The van der Waals surface area contributed by atoms with Crippen molar-refractivity contribution < 1.29 is 17.6 Å². The van der Waals surface area contributed by atoms with Crippen LogP contribution in [0, 0.1) is 0 Å². The molecule has 12 heteroatoms. The number of ether oxygens (including phenoxy) is 1. The summed E-state index contributed by atoms with van der Waals surface area (Å²) in [5.74, 6) is 0.193. The van der Waals surface area contributed by atoms with Crippen molar-refractivity contribution in [2.45, 2.75) is 4.90 Å². The zero-order valence-corrected chi connectivity index (χ0v) is 17.5. The highest BCUT2D eigenvalue weighted by atomic mass is 32.2. The number of morpholine rings is 1. The molecule has 2 aliphatic heterocycles. The number of piperazine rings is 1. The van der Waals surface area contributed by atoms with E-state index in [1.807, 2.05) is 6.07 Å². The molecule has 3 aromatic rings. The predicted octanol–water partition coefficient (Wildman–Crippen LogP) is 0.259. The minimum absolute atomic E-state index is 0.130. The van der Waals surface area contributed by atoms with E-state index < -0.39 is 15.8 Å². The van der Waals surface area contributed by atoms with Crippen LogP contribution in [0.1, 0.15) is 0 Å². The van der Waals surface area contributed by atoms with E-state index in [-0.39, 0.29) is 4.90 Å². The monoisotopic (exact) mass is 446 g/mol. The third-order valence-corrected chi connectivity index (χ3v) is 7.49. The van der Waals surface area contributed by atoms with Crippen LogP contribution >= 0.6 is 0 Å². The van der Waals surface area contributed by atoms with Gasteiger partial charge in [-0.3, -0.25) is 4.98 Å². The zero-order chi connectivity index (χ0) is 21.4. The number of anilines is 2. The molecule has 2 saturated heterocycles. The number of hydrogen-bond donors (Lipinski definition) is 1. The van der Waals surface area contributed by atoms with Crippen LogP contribution in [0.2, 0.25) is 0 Å². The summed E-state index contributed by atoms with van der Waals surface area (Å²) in [6.07, 6.45) is 1.71. The number of nitrogens with zero attached hydrogens (tertiary/aromatic N) is 5. The molecule has 0 radical (unpaired) electrons. The quantitative estimate of drug-likeness (QED) is 0.601. The summed E-state index contributed by atoms with van der Waals surface area (Å²) >= 11 is 0. The van der Waals surface area contributed by atoms with Crippen LogP contribution in [0.15, 0.2) is 44.6 Å². The van der Waals surface area contributed by atoms with Gasteiger partial charge in [0.05, 0.1) is 35.5 Å². The smallest absolute Gasteiger partial charge is 0.408 e. The third kappa shape index (κ3) is 3.89. The minimum Gasteiger partial charge on any atom is -0.408 e. The Kier molecular flexibility index (Phi) is 5.12. The van der Waals surface area contributed by atoms with Crippen LogP contribution in [-0.4, -0.2) is 80.4 Å². The summed E-state index contributed by atoms with van der Waals surface area (Å²) < 4.78 is 38.0. The van der Waals surface area contributed by atoms with Gasteiger partial charge in [0.2, 0.25) is 10.0 Å². The number of aromatic nitrogens is 3. The van der Waals surface area contributed by atoms with Crippen molar-refractivity contribution in [1.82, 2.24) is 19.5 Å². The highest BCUT2D eigenvalue weighted by molar-refractivity contribution is 7.89. The van der Waals surface area contributed by atoms with Gasteiger partial charge in [0.25, 0.3) is 0 Å². The predicted molar refractivity (Wildman–Crippen MR) is 113 cm³/mol. The van der Waals surface area contributed by atoms with Crippen molar-refractivity contribution in [3.63, 3.8) is 0 Å². The SMILES string of the molecule is O=c1[nH]c2cc(S(=O)(=O)N3CCN(c4cnnc(N5CCOCC5)c4)CC3)ccc2o1. The molecule has 31 heavy (non-hydrogen) atoms. The van der Waals surface area contributed by atoms with E-state index in [2.05, 4.69) is 25.0 Å². The summed E-state index contributed by atoms with van der Waals surface area (Å²) in [5.41, 5.74) is 1.61. The number of benzene rings is 1. The first-order chi connectivity index (χ1) is 15.0. The molecule has 1 aromatic carbocycles. The van der Waals surface area contributed by atoms with Crippen molar-refractivity contribution in [3.05, 3.63) is 41.0 Å². The fourth-order valence-corrected chi connectivity index (χ4v) is 5.34. The van der Waals surface area contributed by atoms with Gasteiger partial charge in [-0.25, -0.2) is 13.2 Å². The molecule has 0 atom stereocenters. The van der Waals surface area contributed by atoms with Gasteiger partial charge >= 0.3 is 5.76 Å². The Labute approximate surface area is 178 Å². The van der Waals surface area contributed by atoms with E-state index in [1.165, 1.54) is 22.5 Å². The lowest BCUT2D eigenvalue weighted by Gasteiger charge is -2.35. The normalized spacial score (nSPS) is 18.6. The molecule has 1 N–H and O–H groups in total. The number of sulfonamides is 1. The number of fused-ring (bicyclic) bond motifs is 1. The van der Waals surface area contributed by atoms with E-state index in [0.29, 0.717) is 50.5 Å². The van der Waals surface area contributed by atoms with Crippen molar-refractivity contribution >= 4 is 32.6 Å². The van der Waals surface area contributed by atoms with Gasteiger partial charge in [-0.05, 0) is 18.2 Å². The summed E-state index contributed by atoms with van der Waals surface area (Å²) in [5, 5.41) is 8.37. The molecule has 0 unspecified atom stereocenters. The fraction of sp³-hybridized carbons (Fsp3) is 0.421. The van der Waals surface area contributed by atoms with Crippen molar-refractivity contribution in [3.8, 4) is 0 Å². The lowest BCUT2D eigenvalue weighted by molar-refractivity contribution is 0.122. The van der Waals surface area contributed by atoms with Crippen LogP contribution in [0.25, 0.3) is 11.1 Å². The van der Waals surface area contributed by atoms with Crippen LogP contribution < -0.4 is 15.6 Å². The Morgan fingerprint density at radius 1 is 0.968 bits per heavy atom. The summed E-state index contributed by atoms with van der Waals surface area (Å²) in [6.45, 7) is 4.65. The average molecular weight is 446 g/mol. The lowest BCUT2D eigenvalue weighted by Crippen LogP contribution is -2.48. The van der Waals surface area contributed by atoms with Crippen molar-refractivity contribution in [2.24, 2.45) is 0 Å². The molecular formula is C19H22N6O5S. The van der Waals surface area contributed by atoms with Crippen LogP contribution in [0.3, 0.4) is 0 Å². The molecule has 0 bridgehead atoms.